The Bertz CT molecular complexity index is 1100. The fourth-order valence-electron chi connectivity index (χ4n) is 3.70. The number of hydrogen-bond donors (Lipinski definition) is 0. The van der Waals surface area contributed by atoms with Crippen molar-refractivity contribution in [2.75, 3.05) is 7.11 Å². The normalized spacial score (nSPS) is 13.1. The molecule has 0 unspecified atom stereocenters. The number of rotatable bonds is 9. The van der Waals surface area contributed by atoms with Crippen LogP contribution in [-0.2, 0) is 17.6 Å². The Balaban J connectivity index is 0. The van der Waals surface area contributed by atoms with E-state index in [0.29, 0.717) is 6.42 Å². The van der Waals surface area contributed by atoms with Gasteiger partial charge in [-0.25, -0.2) is 0 Å². The van der Waals surface area contributed by atoms with E-state index in [9.17, 15) is 4.79 Å². The van der Waals surface area contributed by atoms with Crippen LogP contribution in [0.15, 0.2) is 90.6 Å². The van der Waals surface area contributed by atoms with Crippen molar-refractivity contribution in [3.63, 3.8) is 0 Å². The number of ketones is 1. The maximum atomic E-state index is 11.1. The van der Waals surface area contributed by atoms with Gasteiger partial charge >= 0.3 is 0 Å². The van der Waals surface area contributed by atoms with Crippen molar-refractivity contribution in [2.45, 2.75) is 74.1 Å². The summed E-state index contributed by atoms with van der Waals surface area (Å²) in [6.07, 6.45) is 9.90. The zero-order valence-corrected chi connectivity index (χ0v) is 24.5. The summed E-state index contributed by atoms with van der Waals surface area (Å²) in [4.78, 5) is 11.1. The number of allylic oxidation sites excluding steroid dienone is 6. The summed E-state index contributed by atoms with van der Waals surface area (Å²) in [5.41, 5.74) is 8.90. The molecule has 0 spiro atoms. The first kappa shape index (κ1) is 31.9. The lowest BCUT2D eigenvalue weighted by Gasteiger charge is -2.12. The van der Waals surface area contributed by atoms with Gasteiger partial charge in [0.2, 0.25) is 0 Å². The molecule has 0 saturated heterocycles. The molecule has 0 aliphatic heterocycles. The van der Waals surface area contributed by atoms with Gasteiger partial charge in [-0.3, -0.25) is 4.79 Å². The van der Waals surface area contributed by atoms with Gasteiger partial charge in [-0.15, -0.1) is 0 Å². The summed E-state index contributed by atoms with van der Waals surface area (Å²) >= 11 is 0. The number of carbonyl (C=O) groups excluding carboxylic acids is 1. The molecule has 0 N–H and O–H groups in total. The lowest BCUT2D eigenvalue weighted by atomic mass is 9.93. The minimum absolute atomic E-state index is 0. The molecule has 2 heteroatoms. The third-order valence-corrected chi connectivity index (χ3v) is 5.99. The van der Waals surface area contributed by atoms with Gasteiger partial charge in [0.15, 0.2) is 5.78 Å². The molecule has 0 radical (unpaired) electrons. The number of aryl methyl sites for hydroxylation is 2. The standard InChI is InChI=1S/C19H24.C12H14O2.C4H10.2H2/c1-5-14(2)12-19(17-10-11-17)16(4)13-18-9-7-6-8-15(18)3;1-4-11(13)8-10-5-6-12(14-3)9(2)7-10;1-4(2)3;;/h5-9,12,17H,4,10-11,13H2,1-3H3;4-7H,1,8H2,2-3H3;4H,1-3H3;2*1H/b14-5-,19-12+;;;;. The van der Waals surface area contributed by atoms with Crippen LogP contribution in [-0.4, -0.2) is 12.9 Å². The van der Waals surface area contributed by atoms with E-state index in [-0.39, 0.29) is 8.64 Å². The second kappa shape index (κ2) is 16.6. The van der Waals surface area contributed by atoms with Gasteiger partial charge < -0.3 is 4.74 Å². The third-order valence-electron chi connectivity index (χ3n) is 5.99. The van der Waals surface area contributed by atoms with Crippen molar-refractivity contribution < 1.29 is 12.4 Å². The van der Waals surface area contributed by atoms with Crippen molar-refractivity contribution in [2.24, 2.45) is 11.8 Å². The van der Waals surface area contributed by atoms with E-state index < -0.39 is 0 Å². The first-order valence-electron chi connectivity index (χ1n) is 13.4. The number of ether oxygens (including phenoxy) is 1. The quantitative estimate of drug-likeness (QED) is 0.251. The van der Waals surface area contributed by atoms with Gasteiger partial charge in [0.05, 0.1) is 7.11 Å². The molecule has 1 fully saturated rings. The highest BCUT2D eigenvalue weighted by Gasteiger charge is 2.27. The summed E-state index contributed by atoms with van der Waals surface area (Å²) in [5.74, 6) is 2.47. The van der Waals surface area contributed by atoms with Gasteiger partial charge in [-0.1, -0.05) is 88.1 Å². The molecule has 1 saturated carbocycles. The van der Waals surface area contributed by atoms with Crippen LogP contribution >= 0.6 is 0 Å². The molecule has 0 heterocycles. The van der Waals surface area contributed by atoms with Gasteiger partial charge in [-0.05, 0) is 104 Å². The number of carbonyl (C=O) groups is 1. The van der Waals surface area contributed by atoms with Crippen LogP contribution < -0.4 is 4.74 Å². The maximum Gasteiger partial charge on any atom is 0.159 e. The van der Waals surface area contributed by atoms with Gasteiger partial charge in [0.1, 0.15) is 5.75 Å². The van der Waals surface area contributed by atoms with E-state index in [4.69, 9.17) is 4.74 Å². The van der Waals surface area contributed by atoms with Crippen LogP contribution in [0.25, 0.3) is 0 Å². The first-order valence-corrected chi connectivity index (χ1v) is 13.4. The van der Waals surface area contributed by atoms with Crippen molar-refractivity contribution in [3.8, 4) is 5.75 Å². The van der Waals surface area contributed by atoms with Gasteiger partial charge in [0, 0.05) is 9.27 Å². The maximum absolute atomic E-state index is 11.1. The average molecular weight is 505 g/mol. The topological polar surface area (TPSA) is 26.3 Å². The Morgan fingerprint density at radius 1 is 1.08 bits per heavy atom. The van der Waals surface area contributed by atoms with Gasteiger partial charge in [0.25, 0.3) is 0 Å². The fourth-order valence-corrected chi connectivity index (χ4v) is 3.70. The summed E-state index contributed by atoms with van der Waals surface area (Å²) in [5, 5.41) is 0. The first-order chi connectivity index (χ1) is 17.5. The molecule has 2 aromatic carbocycles. The van der Waals surface area contributed by atoms with Crippen molar-refractivity contribution >= 4 is 5.78 Å². The smallest absolute Gasteiger partial charge is 0.159 e. The van der Waals surface area contributed by atoms with E-state index in [1.807, 2.05) is 25.1 Å². The SMILES string of the molecule is C=C(Cc1ccccc1C)/C(=C\C(C)=C/C)C1CC1.C=CC(=O)Cc1ccc(OC)c(C)c1.CC(C)C.[HH].[HH]. The molecule has 2 aromatic rings. The largest absolute Gasteiger partial charge is 0.496 e. The molecule has 1 aliphatic rings. The Morgan fingerprint density at radius 3 is 2.19 bits per heavy atom. The zero-order valence-electron chi connectivity index (χ0n) is 24.5. The lowest BCUT2D eigenvalue weighted by Crippen LogP contribution is -1.98. The summed E-state index contributed by atoms with van der Waals surface area (Å²) < 4.78 is 5.13. The molecular formula is C35H52O2. The Hall–Kier alpha value is -3.13. The predicted octanol–water partition coefficient (Wildman–Crippen LogP) is 9.85. The van der Waals surface area contributed by atoms with Crippen LogP contribution in [0.4, 0.5) is 0 Å². The number of hydrogen-bond acceptors (Lipinski definition) is 2. The molecule has 2 nitrogen and oxygen atoms in total. The monoisotopic (exact) mass is 504 g/mol. The highest BCUT2D eigenvalue weighted by atomic mass is 16.5. The molecule has 3 rings (SSSR count). The van der Waals surface area contributed by atoms with E-state index in [2.05, 4.69) is 91.1 Å². The van der Waals surface area contributed by atoms with E-state index in [1.54, 1.807) is 7.11 Å². The Morgan fingerprint density at radius 2 is 1.70 bits per heavy atom. The van der Waals surface area contributed by atoms with Crippen LogP contribution in [0.3, 0.4) is 0 Å². The molecular weight excluding hydrogens is 452 g/mol. The molecule has 204 valence electrons. The molecule has 0 atom stereocenters. The van der Waals surface area contributed by atoms with E-state index in [0.717, 1.165) is 35.1 Å². The molecule has 0 amide bonds. The Labute approximate surface area is 229 Å². The third kappa shape index (κ3) is 12.6. The van der Waals surface area contributed by atoms with Crippen molar-refractivity contribution in [1.29, 1.82) is 0 Å². The minimum Gasteiger partial charge on any atom is -0.496 e. The molecule has 37 heavy (non-hydrogen) atoms. The average Bonchev–Trinajstić information content (AvgIpc) is 3.69. The molecule has 0 aromatic heterocycles. The number of benzene rings is 2. The highest BCUT2D eigenvalue weighted by Crippen LogP contribution is 2.41. The molecule has 1 aliphatic carbocycles. The Kier molecular flexibility index (Phi) is 14.3. The van der Waals surface area contributed by atoms with Crippen molar-refractivity contribution in [1.82, 2.24) is 0 Å². The van der Waals surface area contributed by atoms with Crippen molar-refractivity contribution in [3.05, 3.63) is 113 Å². The minimum atomic E-state index is 0. The van der Waals surface area contributed by atoms with E-state index >= 15 is 0 Å². The van der Waals surface area contributed by atoms with Crippen LogP contribution in [0.5, 0.6) is 5.75 Å². The van der Waals surface area contributed by atoms with E-state index in [1.165, 1.54) is 46.8 Å². The fraction of sp³-hybridized carbons (Fsp3) is 0.400. The van der Waals surface area contributed by atoms with Crippen LogP contribution in [0, 0.1) is 25.7 Å². The zero-order chi connectivity index (χ0) is 28.0. The number of methoxy groups -OCH3 is 1. The lowest BCUT2D eigenvalue weighted by molar-refractivity contribution is -0.114. The second-order valence-corrected chi connectivity index (χ2v) is 10.5. The highest BCUT2D eigenvalue weighted by molar-refractivity contribution is 5.90. The molecule has 0 bridgehead atoms. The van der Waals surface area contributed by atoms with Gasteiger partial charge in [-0.2, -0.15) is 0 Å². The second-order valence-electron chi connectivity index (χ2n) is 10.5. The summed E-state index contributed by atoms with van der Waals surface area (Å²) in [6.45, 7) is 22.7. The van der Waals surface area contributed by atoms with Crippen LogP contribution in [0.1, 0.15) is 72.6 Å². The summed E-state index contributed by atoms with van der Waals surface area (Å²) in [7, 11) is 1.64. The predicted molar refractivity (Wildman–Crippen MR) is 166 cm³/mol. The summed E-state index contributed by atoms with van der Waals surface area (Å²) in [6, 6.07) is 14.3. The van der Waals surface area contributed by atoms with Crippen LogP contribution in [0.2, 0.25) is 0 Å².